The third-order valence-corrected chi connectivity index (χ3v) is 7.97. The molecule has 35 heavy (non-hydrogen) atoms. The van der Waals surface area contributed by atoms with E-state index in [1.54, 1.807) is 4.57 Å². The molecule has 4 heterocycles. The molecule has 2 aliphatic heterocycles. The monoisotopic (exact) mass is 474 g/mol. The van der Waals surface area contributed by atoms with E-state index >= 15 is 0 Å². The maximum absolute atomic E-state index is 12.6. The number of nitrogens with zero attached hydrogens (tertiary/aromatic N) is 3. The van der Waals surface area contributed by atoms with Gasteiger partial charge >= 0.3 is 0 Å². The van der Waals surface area contributed by atoms with E-state index in [4.69, 9.17) is 0 Å². The molecule has 0 bridgehead atoms. The molecule has 0 atom stereocenters. The van der Waals surface area contributed by atoms with Crippen LogP contribution in [0.15, 0.2) is 35.3 Å². The highest BCUT2D eigenvalue weighted by atomic mass is 16.2. The first kappa shape index (κ1) is 23.9. The predicted molar refractivity (Wildman–Crippen MR) is 142 cm³/mol. The number of carbonyl (C=O) groups is 1. The number of hydrogen-bond acceptors (Lipinski definition) is 3. The number of fused-ring (bicyclic) bond motifs is 1. The van der Waals surface area contributed by atoms with Gasteiger partial charge in [-0.1, -0.05) is 19.9 Å². The first-order chi connectivity index (χ1) is 16.8. The lowest BCUT2D eigenvalue weighted by atomic mass is 9.87. The second-order valence-electron chi connectivity index (χ2n) is 10.8. The Kier molecular flexibility index (Phi) is 6.58. The predicted octanol–water partition coefficient (Wildman–Crippen LogP) is 4.77. The van der Waals surface area contributed by atoms with Crippen molar-refractivity contribution in [1.82, 2.24) is 19.4 Å². The second-order valence-corrected chi connectivity index (χ2v) is 10.8. The Bertz CT molecular complexity index is 1260. The number of hydrogen-bond donors (Lipinski definition) is 1. The highest BCUT2D eigenvalue weighted by Gasteiger charge is 2.26. The van der Waals surface area contributed by atoms with Crippen LogP contribution in [0.4, 0.5) is 0 Å². The van der Waals surface area contributed by atoms with Crippen molar-refractivity contribution in [3.05, 3.63) is 57.5 Å². The lowest BCUT2D eigenvalue weighted by Crippen LogP contribution is -2.42. The van der Waals surface area contributed by atoms with Crippen LogP contribution >= 0.6 is 0 Å². The van der Waals surface area contributed by atoms with Crippen LogP contribution in [0.3, 0.4) is 0 Å². The Hall–Kier alpha value is -2.86. The van der Waals surface area contributed by atoms with E-state index in [1.807, 2.05) is 31.1 Å². The zero-order valence-electron chi connectivity index (χ0n) is 21.6. The minimum atomic E-state index is 0.0479. The number of aryl methyl sites for hydroxylation is 2. The van der Waals surface area contributed by atoms with Gasteiger partial charge in [-0.2, -0.15) is 0 Å². The topological polar surface area (TPSA) is 61.3 Å². The fourth-order valence-corrected chi connectivity index (χ4v) is 6.01. The van der Waals surface area contributed by atoms with Gasteiger partial charge in [0.2, 0.25) is 5.91 Å². The van der Waals surface area contributed by atoms with Crippen LogP contribution < -0.4 is 5.56 Å². The molecule has 2 saturated heterocycles. The van der Waals surface area contributed by atoms with E-state index in [2.05, 4.69) is 41.9 Å². The molecule has 6 heteroatoms. The molecule has 1 aromatic carbocycles. The van der Waals surface area contributed by atoms with E-state index < -0.39 is 0 Å². The molecule has 3 aromatic rings. The fourth-order valence-electron chi connectivity index (χ4n) is 6.01. The number of rotatable bonds is 5. The quantitative estimate of drug-likeness (QED) is 0.580. The molecule has 2 aliphatic rings. The van der Waals surface area contributed by atoms with Crippen LogP contribution in [0.5, 0.6) is 0 Å². The highest BCUT2D eigenvalue weighted by molar-refractivity contribution is 5.92. The van der Waals surface area contributed by atoms with Gasteiger partial charge in [-0.25, -0.2) is 0 Å². The van der Waals surface area contributed by atoms with Gasteiger partial charge < -0.3 is 14.5 Å². The zero-order valence-corrected chi connectivity index (χ0v) is 21.6. The second kappa shape index (κ2) is 9.65. The molecule has 0 aliphatic carbocycles. The standard InChI is InChI=1S/C29H38N4O2/c1-19(2)27-24-16-22(21-9-13-32(14-10-21)18-26(34)33-11-5-6-12-33)7-8-25(24)30-28(27)23-15-20(3)29(35)31(4)17-23/h7-8,15-17,19,21,30H,5-6,9-14,18H2,1-4H3. The Labute approximate surface area is 207 Å². The van der Waals surface area contributed by atoms with Gasteiger partial charge in [-0.15, -0.1) is 0 Å². The van der Waals surface area contributed by atoms with Crippen LogP contribution in [-0.4, -0.2) is 58.0 Å². The van der Waals surface area contributed by atoms with Crippen LogP contribution in [0, 0.1) is 6.92 Å². The molecule has 2 fully saturated rings. The number of aromatic amines is 1. The summed E-state index contributed by atoms with van der Waals surface area (Å²) < 4.78 is 1.67. The van der Waals surface area contributed by atoms with Crippen LogP contribution in [-0.2, 0) is 11.8 Å². The Morgan fingerprint density at radius 3 is 2.46 bits per heavy atom. The number of pyridine rings is 1. The molecule has 1 N–H and O–H groups in total. The Morgan fingerprint density at radius 2 is 1.80 bits per heavy atom. The first-order valence-corrected chi connectivity index (χ1v) is 13.1. The fraction of sp³-hybridized carbons (Fsp3) is 0.517. The first-order valence-electron chi connectivity index (χ1n) is 13.1. The van der Waals surface area contributed by atoms with Gasteiger partial charge in [0.1, 0.15) is 0 Å². The maximum Gasteiger partial charge on any atom is 0.253 e. The van der Waals surface area contributed by atoms with Gasteiger partial charge in [-0.05, 0) is 86.9 Å². The average Bonchev–Trinajstić information content (AvgIpc) is 3.50. The van der Waals surface area contributed by atoms with Crippen LogP contribution in [0.25, 0.3) is 22.2 Å². The van der Waals surface area contributed by atoms with E-state index in [-0.39, 0.29) is 5.56 Å². The third-order valence-electron chi connectivity index (χ3n) is 7.97. The number of aromatic nitrogens is 2. The molecular weight excluding hydrogens is 436 g/mol. The van der Waals surface area contributed by atoms with Crippen molar-refractivity contribution in [2.24, 2.45) is 7.05 Å². The highest BCUT2D eigenvalue weighted by Crippen LogP contribution is 2.38. The normalized spacial score (nSPS) is 17.7. The van der Waals surface area contributed by atoms with Gasteiger partial charge in [0.15, 0.2) is 0 Å². The zero-order chi connectivity index (χ0) is 24.7. The van der Waals surface area contributed by atoms with Gasteiger partial charge in [0, 0.05) is 48.4 Å². The summed E-state index contributed by atoms with van der Waals surface area (Å²) in [7, 11) is 1.82. The molecule has 0 unspecified atom stereocenters. The molecule has 186 valence electrons. The van der Waals surface area contributed by atoms with Gasteiger partial charge in [0.25, 0.3) is 5.56 Å². The van der Waals surface area contributed by atoms with Crippen molar-refractivity contribution in [3.8, 4) is 11.3 Å². The minimum absolute atomic E-state index is 0.0479. The van der Waals surface area contributed by atoms with Crippen molar-refractivity contribution in [2.75, 3.05) is 32.7 Å². The largest absolute Gasteiger partial charge is 0.354 e. The van der Waals surface area contributed by atoms with Crippen molar-refractivity contribution < 1.29 is 4.79 Å². The number of benzene rings is 1. The molecule has 5 rings (SSSR count). The van der Waals surface area contributed by atoms with Gasteiger partial charge in [-0.3, -0.25) is 14.5 Å². The van der Waals surface area contributed by atoms with Crippen molar-refractivity contribution >= 4 is 16.8 Å². The molecule has 0 radical (unpaired) electrons. The van der Waals surface area contributed by atoms with Crippen LogP contribution in [0.1, 0.15) is 68.1 Å². The summed E-state index contributed by atoms with van der Waals surface area (Å²) in [5.41, 5.74) is 6.83. The number of piperidine rings is 1. The molecule has 6 nitrogen and oxygen atoms in total. The molecule has 0 spiro atoms. The molecule has 2 aromatic heterocycles. The summed E-state index contributed by atoms with van der Waals surface area (Å²) in [5, 5.41) is 1.28. The minimum Gasteiger partial charge on any atom is -0.354 e. The lowest BCUT2D eigenvalue weighted by Gasteiger charge is -2.32. The van der Waals surface area contributed by atoms with Crippen molar-refractivity contribution in [2.45, 2.75) is 58.3 Å². The smallest absolute Gasteiger partial charge is 0.253 e. The summed E-state index contributed by atoms with van der Waals surface area (Å²) >= 11 is 0. The molecule has 1 amide bonds. The Morgan fingerprint density at radius 1 is 1.09 bits per heavy atom. The Balaban J connectivity index is 1.37. The van der Waals surface area contributed by atoms with E-state index in [1.165, 1.54) is 16.5 Å². The summed E-state index contributed by atoms with van der Waals surface area (Å²) in [6, 6.07) is 8.88. The average molecular weight is 475 g/mol. The molecular formula is C29H38N4O2. The van der Waals surface area contributed by atoms with Crippen LogP contribution in [0.2, 0.25) is 0 Å². The summed E-state index contributed by atoms with van der Waals surface area (Å²) in [5.74, 6) is 1.18. The number of nitrogens with one attached hydrogen (secondary N) is 1. The summed E-state index contributed by atoms with van der Waals surface area (Å²) in [6.45, 7) is 10.8. The van der Waals surface area contributed by atoms with E-state index in [9.17, 15) is 9.59 Å². The van der Waals surface area contributed by atoms with E-state index in [0.29, 0.717) is 24.3 Å². The SMILES string of the molecule is Cc1cc(-c2[nH]c3ccc(C4CCN(CC(=O)N5CCCC5)CC4)cc3c2C(C)C)cn(C)c1=O. The van der Waals surface area contributed by atoms with E-state index in [0.717, 1.165) is 74.2 Å². The number of amides is 1. The van der Waals surface area contributed by atoms with Crippen molar-refractivity contribution in [1.29, 1.82) is 0 Å². The maximum atomic E-state index is 12.6. The summed E-state index contributed by atoms with van der Waals surface area (Å²) in [6.07, 6.45) is 6.42. The summed E-state index contributed by atoms with van der Waals surface area (Å²) in [4.78, 5) is 32.8. The number of carbonyl (C=O) groups excluding carboxylic acids is 1. The number of H-pyrrole nitrogens is 1. The number of likely N-dealkylation sites (tertiary alicyclic amines) is 2. The molecule has 0 saturated carbocycles. The lowest BCUT2D eigenvalue weighted by molar-refractivity contribution is -0.131. The third kappa shape index (κ3) is 4.68. The van der Waals surface area contributed by atoms with Crippen molar-refractivity contribution in [3.63, 3.8) is 0 Å². The van der Waals surface area contributed by atoms with Gasteiger partial charge in [0.05, 0.1) is 12.2 Å².